The first kappa shape index (κ1) is 15.9. The molecule has 0 aromatic heterocycles. The summed E-state index contributed by atoms with van der Waals surface area (Å²) in [5, 5.41) is 0. The van der Waals surface area contributed by atoms with E-state index in [4.69, 9.17) is 30.5 Å². The van der Waals surface area contributed by atoms with Gasteiger partial charge in [0.25, 0.3) is 0 Å². The second-order valence-electron chi connectivity index (χ2n) is 3.86. The van der Waals surface area contributed by atoms with Crippen LogP contribution in [0.4, 0.5) is 0 Å². The van der Waals surface area contributed by atoms with Crippen LogP contribution in [0.15, 0.2) is 12.1 Å². The number of methoxy groups -OCH3 is 2. The Morgan fingerprint density at radius 1 is 1.05 bits per heavy atom. The molecule has 0 radical (unpaired) electrons. The predicted molar refractivity (Wildman–Crippen MR) is 75.7 cm³/mol. The summed E-state index contributed by atoms with van der Waals surface area (Å²) in [5.74, 6) is 2.27. The number of ether oxygens (including phenoxy) is 4. The van der Waals surface area contributed by atoms with E-state index in [9.17, 15) is 0 Å². The molecule has 5 heteroatoms. The van der Waals surface area contributed by atoms with E-state index < -0.39 is 0 Å². The Labute approximate surface area is 119 Å². The Hall–Kier alpha value is -1.13. The maximum Gasteiger partial charge on any atom is 0.203 e. The Morgan fingerprint density at radius 2 is 1.68 bits per heavy atom. The molecule has 4 nitrogen and oxygen atoms in total. The third kappa shape index (κ3) is 4.80. The SMILES string of the molecule is CCOCCCOc1c(OC)cc(CCl)cc1OC. The van der Waals surface area contributed by atoms with Crippen LogP contribution in [0.25, 0.3) is 0 Å². The van der Waals surface area contributed by atoms with Gasteiger partial charge in [-0.3, -0.25) is 0 Å². The molecule has 19 heavy (non-hydrogen) atoms. The maximum absolute atomic E-state index is 5.83. The topological polar surface area (TPSA) is 36.9 Å². The van der Waals surface area contributed by atoms with Crippen LogP contribution < -0.4 is 14.2 Å². The van der Waals surface area contributed by atoms with Gasteiger partial charge in [0.2, 0.25) is 5.75 Å². The standard InChI is InChI=1S/C14H21ClO4/c1-4-18-6-5-7-19-14-12(16-2)8-11(10-15)9-13(14)17-3/h8-9H,4-7,10H2,1-3H3. The van der Waals surface area contributed by atoms with Crippen LogP contribution in [-0.2, 0) is 10.6 Å². The van der Waals surface area contributed by atoms with Gasteiger partial charge in [0.1, 0.15) is 0 Å². The zero-order chi connectivity index (χ0) is 14.1. The Bertz CT molecular complexity index is 357. The lowest BCUT2D eigenvalue weighted by Crippen LogP contribution is -2.05. The fourth-order valence-corrected chi connectivity index (χ4v) is 1.79. The minimum atomic E-state index is 0.400. The van der Waals surface area contributed by atoms with Gasteiger partial charge in [0.15, 0.2) is 11.5 Å². The number of halogens is 1. The number of alkyl halides is 1. The first-order valence-electron chi connectivity index (χ1n) is 6.28. The zero-order valence-electron chi connectivity index (χ0n) is 11.7. The molecule has 0 amide bonds. The lowest BCUT2D eigenvalue weighted by molar-refractivity contribution is 0.129. The van der Waals surface area contributed by atoms with Crippen LogP contribution in [-0.4, -0.2) is 34.0 Å². The number of benzene rings is 1. The van der Waals surface area contributed by atoms with Crippen molar-refractivity contribution in [1.82, 2.24) is 0 Å². The molecule has 0 N–H and O–H groups in total. The molecule has 0 saturated carbocycles. The van der Waals surface area contributed by atoms with Crippen molar-refractivity contribution in [1.29, 1.82) is 0 Å². The second-order valence-corrected chi connectivity index (χ2v) is 4.13. The van der Waals surface area contributed by atoms with E-state index in [0.29, 0.717) is 36.3 Å². The van der Waals surface area contributed by atoms with Crippen LogP contribution in [0.5, 0.6) is 17.2 Å². The molecule has 0 unspecified atom stereocenters. The minimum Gasteiger partial charge on any atom is -0.493 e. The molecular formula is C14H21ClO4. The zero-order valence-corrected chi connectivity index (χ0v) is 12.5. The summed E-state index contributed by atoms with van der Waals surface area (Å²) >= 11 is 5.83. The summed E-state index contributed by atoms with van der Waals surface area (Å²) in [6, 6.07) is 3.71. The van der Waals surface area contributed by atoms with Crippen LogP contribution in [0.1, 0.15) is 18.9 Å². The largest absolute Gasteiger partial charge is 0.493 e. The Balaban J connectivity index is 2.73. The minimum absolute atomic E-state index is 0.400. The van der Waals surface area contributed by atoms with Gasteiger partial charge in [-0.15, -0.1) is 11.6 Å². The highest BCUT2D eigenvalue weighted by Crippen LogP contribution is 2.38. The molecule has 0 atom stereocenters. The van der Waals surface area contributed by atoms with E-state index in [2.05, 4.69) is 0 Å². The molecule has 0 aliphatic heterocycles. The molecule has 0 bridgehead atoms. The first-order valence-corrected chi connectivity index (χ1v) is 6.81. The molecule has 0 fully saturated rings. The van der Waals surface area contributed by atoms with Crippen molar-refractivity contribution >= 4 is 11.6 Å². The molecular weight excluding hydrogens is 268 g/mol. The van der Waals surface area contributed by atoms with Crippen molar-refractivity contribution in [2.24, 2.45) is 0 Å². The van der Waals surface area contributed by atoms with Gasteiger partial charge < -0.3 is 18.9 Å². The van der Waals surface area contributed by atoms with E-state index >= 15 is 0 Å². The van der Waals surface area contributed by atoms with E-state index in [1.165, 1.54) is 0 Å². The smallest absolute Gasteiger partial charge is 0.203 e. The fourth-order valence-electron chi connectivity index (χ4n) is 1.63. The first-order chi connectivity index (χ1) is 9.26. The van der Waals surface area contributed by atoms with Crippen LogP contribution in [0.2, 0.25) is 0 Å². The number of rotatable bonds is 9. The average molecular weight is 289 g/mol. The maximum atomic E-state index is 5.83. The van der Waals surface area contributed by atoms with Crippen LogP contribution in [0.3, 0.4) is 0 Å². The van der Waals surface area contributed by atoms with Crippen LogP contribution in [0, 0.1) is 0 Å². The third-order valence-corrected chi connectivity index (χ3v) is 2.87. The summed E-state index contributed by atoms with van der Waals surface area (Å²) in [6.07, 6.45) is 0.817. The van der Waals surface area contributed by atoms with E-state index in [-0.39, 0.29) is 0 Å². The highest BCUT2D eigenvalue weighted by molar-refractivity contribution is 6.17. The third-order valence-electron chi connectivity index (χ3n) is 2.56. The Morgan fingerprint density at radius 3 is 2.16 bits per heavy atom. The molecule has 108 valence electrons. The lowest BCUT2D eigenvalue weighted by atomic mass is 10.2. The highest BCUT2D eigenvalue weighted by Gasteiger charge is 2.13. The fraction of sp³-hybridized carbons (Fsp3) is 0.571. The van der Waals surface area contributed by atoms with Crippen molar-refractivity contribution in [3.05, 3.63) is 17.7 Å². The van der Waals surface area contributed by atoms with Crippen LogP contribution >= 0.6 is 11.6 Å². The summed E-state index contributed by atoms with van der Waals surface area (Å²) in [5.41, 5.74) is 0.928. The van der Waals surface area contributed by atoms with Gasteiger partial charge >= 0.3 is 0 Å². The predicted octanol–water partition coefficient (Wildman–Crippen LogP) is 3.25. The summed E-state index contributed by atoms with van der Waals surface area (Å²) < 4.78 is 21.6. The van der Waals surface area contributed by atoms with Gasteiger partial charge in [-0.25, -0.2) is 0 Å². The molecule has 1 aromatic rings. The molecule has 0 spiro atoms. The average Bonchev–Trinajstić information content (AvgIpc) is 2.46. The Kier molecular flexibility index (Phi) is 7.45. The highest BCUT2D eigenvalue weighted by atomic mass is 35.5. The summed E-state index contributed by atoms with van der Waals surface area (Å²) in [4.78, 5) is 0. The van der Waals surface area contributed by atoms with E-state index in [0.717, 1.165) is 18.6 Å². The van der Waals surface area contributed by atoms with Gasteiger partial charge in [-0.1, -0.05) is 0 Å². The lowest BCUT2D eigenvalue weighted by Gasteiger charge is -2.15. The molecule has 0 heterocycles. The van der Waals surface area contributed by atoms with Gasteiger partial charge in [-0.05, 0) is 24.6 Å². The van der Waals surface area contributed by atoms with E-state index in [1.807, 2.05) is 19.1 Å². The molecule has 0 aliphatic rings. The molecule has 1 rings (SSSR count). The second kappa shape index (κ2) is 8.88. The van der Waals surface area contributed by atoms with Crippen molar-refractivity contribution in [2.45, 2.75) is 19.2 Å². The van der Waals surface area contributed by atoms with Gasteiger partial charge in [0, 0.05) is 25.5 Å². The summed E-state index contributed by atoms with van der Waals surface area (Å²) in [7, 11) is 3.19. The quantitative estimate of drug-likeness (QED) is 0.516. The van der Waals surface area contributed by atoms with E-state index in [1.54, 1.807) is 14.2 Å². The van der Waals surface area contributed by atoms with Gasteiger partial charge in [0.05, 0.1) is 20.8 Å². The molecule has 1 aromatic carbocycles. The molecule has 0 aliphatic carbocycles. The van der Waals surface area contributed by atoms with Crippen molar-refractivity contribution in [2.75, 3.05) is 34.0 Å². The molecule has 0 saturated heterocycles. The number of hydrogen-bond acceptors (Lipinski definition) is 4. The van der Waals surface area contributed by atoms with Crippen molar-refractivity contribution in [3.63, 3.8) is 0 Å². The monoisotopic (exact) mass is 288 g/mol. The number of hydrogen-bond donors (Lipinski definition) is 0. The van der Waals surface area contributed by atoms with Crippen molar-refractivity contribution in [3.8, 4) is 17.2 Å². The summed E-state index contributed by atoms with van der Waals surface area (Å²) in [6.45, 7) is 3.92. The normalized spacial score (nSPS) is 10.3. The van der Waals surface area contributed by atoms with Gasteiger partial charge in [-0.2, -0.15) is 0 Å². The van der Waals surface area contributed by atoms with Crippen molar-refractivity contribution < 1.29 is 18.9 Å².